The molecule has 0 aliphatic carbocycles. The van der Waals surface area contributed by atoms with Crippen LogP contribution in [0, 0.1) is 10.1 Å². The van der Waals surface area contributed by atoms with E-state index in [9.17, 15) is 10.1 Å². The van der Waals surface area contributed by atoms with E-state index in [2.05, 4.69) is 15.9 Å². The molecule has 19 heavy (non-hydrogen) atoms. The third-order valence-electron chi connectivity index (χ3n) is 2.97. The number of anilines is 1. The summed E-state index contributed by atoms with van der Waals surface area (Å²) in [5, 5.41) is 11.1. The van der Waals surface area contributed by atoms with E-state index >= 15 is 0 Å². The zero-order valence-electron chi connectivity index (χ0n) is 10.5. The monoisotopic (exact) mass is 330 g/mol. The number of hydrogen-bond acceptors (Lipinski definition) is 5. The Morgan fingerprint density at radius 1 is 1.63 bits per heavy atom. The molecule has 1 fully saturated rings. The molecule has 1 aliphatic heterocycles. The van der Waals surface area contributed by atoms with Crippen molar-refractivity contribution in [3.63, 3.8) is 0 Å². The smallest absolute Gasteiger partial charge is 0.292 e. The highest BCUT2D eigenvalue weighted by atomic mass is 79.9. The lowest BCUT2D eigenvalue weighted by atomic mass is 10.2. The van der Waals surface area contributed by atoms with E-state index in [4.69, 9.17) is 9.47 Å². The minimum atomic E-state index is -0.359. The zero-order valence-corrected chi connectivity index (χ0v) is 12.1. The fourth-order valence-electron chi connectivity index (χ4n) is 2.13. The van der Waals surface area contributed by atoms with Gasteiger partial charge in [-0.3, -0.25) is 10.1 Å². The van der Waals surface area contributed by atoms with Gasteiger partial charge in [0, 0.05) is 30.7 Å². The Bertz CT molecular complexity index is 467. The topological polar surface area (TPSA) is 64.8 Å². The van der Waals surface area contributed by atoms with Crippen molar-refractivity contribution in [1.29, 1.82) is 0 Å². The maximum atomic E-state index is 11.1. The highest BCUT2D eigenvalue weighted by Gasteiger charge is 2.26. The van der Waals surface area contributed by atoms with Crippen LogP contribution < -0.4 is 4.90 Å². The van der Waals surface area contributed by atoms with Gasteiger partial charge >= 0.3 is 0 Å². The molecule has 1 atom stereocenters. The van der Waals surface area contributed by atoms with Gasteiger partial charge in [-0.15, -0.1) is 0 Å². The van der Waals surface area contributed by atoms with Crippen LogP contribution in [0.15, 0.2) is 22.7 Å². The molecule has 1 aliphatic rings. The standard InChI is InChI=1S/C12H15BrN2O4/c1-18-8-10-7-14(4-5-19-10)12-6-9(13)2-3-11(12)15(16)17/h2-3,6,10H,4-5,7-8H2,1H3. The summed E-state index contributed by atoms with van der Waals surface area (Å²) in [4.78, 5) is 12.7. The minimum absolute atomic E-state index is 0.0580. The summed E-state index contributed by atoms with van der Waals surface area (Å²) in [7, 11) is 1.61. The van der Waals surface area contributed by atoms with Gasteiger partial charge in [-0.05, 0) is 12.1 Å². The number of rotatable bonds is 4. The first-order valence-electron chi connectivity index (χ1n) is 5.91. The van der Waals surface area contributed by atoms with Crippen molar-refractivity contribution in [2.75, 3.05) is 38.3 Å². The second-order valence-corrected chi connectivity index (χ2v) is 5.20. The molecule has 1 aromatic carbocycles. The van der Waals surface area contributed by atoms with Gasteiger partial charge in [-0.25, -0.2) is 0 Å². The highest BCUT2D eigenvalue weighted by molar-refractivity contribution is 9.10. The van der Waals surface area contributed by atoms with Crippen molar-refractivity contribution in [3.05, 3.63) is 32.8 Å². The van der Waals surface area contributed by atoms with Gasteiger partial charge in [0.15, 0.2) is 0 Å². The van der Waals surface area contributed by atoms with E-state index < -0.39 is 0 Å². The largest absolute Gasteiger partial charge is 0.382 e. The van der Waals surface area contributed by atoms with Gasteiger partial charge in [0.25, 0.3) is 5.69 Å². The molecule has 1 saturated heterocycles. The third-order valence-corrected chi connectivity index (χ3v) is 3.46. The minimum Gasteiger partial charge on any atom is -0.382 e. The highest BCUT2D eigenvalue weighted by Crippen LogP contribution is 2.32. The van der Waals surface area contributed by atoms with E-state index in [0.717, 1.165) is 4.47 Å². The average Bonchev–Trinajstić information content (AvgIpc) is 2.39. The second-order valence-electron chi connectivity index (χ2n) is 4.28. The number of methoxy groups -OCH3 is 1. The first-order valence-corrected chi connectivity index (χ1v) is 6.70. The molecule has 7 heteroatoms. The van der Waals surface area contributed by atoms with Crippen LogP contribution in [-0.4, -0.2) is 44.4 Å². The Hall–Kier alpha value is -1.18. The van der Waals surface area contributed by atoms with Crippen LogP contribution in [-0.2, 0) is 9.47 Å². The van der Waals surface area contributed by atoms with Crippen molar-refractivity contribution in [2.45, 2.75) is 6.10 Å². The van der Waals surface area contributed by atoms with Crippen molar-refractivity contribution >= 4 is 27.3 Å². The quantitative estimate of drug-likeness (QED) is 0.625. The molecule has 0 bridgehead atoms. The Morgan fingerprint density at radius 3 is 3.11 bits per heavy atom. The van der Waals surface area contributed by atoms with Crippen LogP contribution in [0.2, 0.25) is 0 Å². The van der Waals surface area contributed by atoms with Crippen LogP contribution in [0.1, 0.15) is 0 Å². The lowest BCUT2D eigenvalue weighted by Gasteiger charge is -2.33. The summed E-state index contributed by atoms with van der Waals surface area (Å²) in [6.45, 7) is 2.25. The van der Waals surface area contributed by atoms with Crippen molar-refractivity contribution in [2.24, 2.45) is 0 Å². The van der Waals surface area contributed by atoms with Crippen molar-refractivity contribution < 1.29 is 14.4 Å². The number of nitrogens with zero attached hydrogens (tertiary/aromatic N) is 2. The molecule has 0 aromatic heterocycles. The van der Waals surface area contributed by atoms with Crippen LogP contribution in [0.4, 0.5) is 11.4 Å². The van der Waals surface area contributed by atoms with Gasteiger partial charge < -0.3 is 14.4 Å². The molecule has 0 radical (unpaired) electrons. The van der Waals surface area contributed by atoms with E-state index in [-0.39, 0.29) is 16.7 Å². The van der Waals surface area contributed by atoms with Gasteiger partial charge in [0.1, 0.15) is 5.69 Å². The van der Waals surface area contributed by atoms with Crippen LogP contribution in [0.3, 0.4) is 0 Å². The summed E-state index contributed by atoms with van der Waals surface area (Å²) in [6, 6.07) is 4.96. The molecular weight excluding hydrogens is 316 g/mol. The predicted molar refractivity (Wildman–Crippen MR) is 74.6 cm³/mol. The molecule has 1 aromatic rings. The van der Waals surface area contributed by atoms with E-state index in [1.54, 1.807) is 19.2 Å². The summed E-state index contributed by atoms with van der Waals surface area (Å²) in [6.07, 6.45) is -0.0580. The number of morpholine rings is 1. The van der Waals surface area contributed by atoms with Crippen LogP contribution >= 0.6 is 15.9 Å². The predicted octanol–water partition coefficient (Wildman–Crippen LogP) is 2.21. The molecular formula is C12H15BrN2O4. The molecule has 0 N–H and O–H groups in total. The lowest BCUT2D eigenvalue weighted by molar-refractivity contribution is -0.384. The second kappa shape index (κ2) is 6.31. The Balaban J connectivity index is 2.24. The fourth-order valence-corrected chi connectivity index (χ4v) is 2.48. The van der Waals surface area contributed by atoms with Gasteiger partial charge in [0.2, 0.25) is 0 Å². The number of nitro benzene ring substituents is 1. The number of nitro groups is 1. The Labute approximate surface area is 119 Å². The van der Waals surface area contributed by atoms with E-state index in [1.165, 1.54) is 6.07 Å². The average molecular weight is 331 g/mol. The number of halogens is 1. The normalized spacial score (nSPS) is 19.5. The van der Waals surface area contributed by atoms with Gasteiger partial charge in [0.05, 0.1) is 24.2 Å². The molecule has 0 spiro atoms. The number of benzene rings is 1. The molecule has 6 nitrogen and oxygen atoms in total. The summed E-state index contributed by atoms with van der Waals surface area (Å²) in [5.74, 6) is 0. The Morgan fingerprint density at radius 2 is 2.42 bits per heavy atom. The van der Waals surface area contributed by atoms with Crippen LogP contribution in [0.25, 0.3) is 0 Å². The molecule has 1 heterocycles. The molecule has 0 saturated carbocycles. The molecule has 1 unspecified atom stereocenters. The SMILES string of the molecule is COCC1CN(c2cc(Br)ccc2[N+](=O)[O-])CCO1. The number of hydrogen-bond donors (Lipinski definition) is 0. The lowest BCUT2D eigenvalue weighted by Crippen LogP contribution is -2.44. The van der Waals surface area contributed by atoms with Gasteiger partial charge in [-0.1, -0.05) is 15.9 Å². The zero-order chi connectivity index (χ0) is 13.8. The fraction of sp³-hybridized carbons (Fsp3) is 0.500. The maximum Gasteiger partial charge on any atom is 0.292 e. The van der Waals surface area contributed by atoms with Crippen molar-refractivity contribution in [3.8, 4) is 0 Å². The third kappa shape index (κ3) is 3.43. The summed E-state index contributed by atoms with van der Waals surface area (Å²) < 4.78 is 11.4. The first kappa shape index (κ1) is 14.2. The van der Waals surface area contributed by atoms with Gasteiger partial charge in [-0.2, -0.15) is 0 Å². The molecule has 2 rings (SSSR count). The van der Waals surface area contributed by atoms with E-state index in [0.29, 0.717) is 32.0 Å². The van der Waals surface area contributed by atoms with Crippen molar-refractivity contribution in [1.82, 2.24) is 0 Å². The Kier molecular flexibility index (Phi) is 4.73. The number of ether oxygens (including phenoxy) is 2. The maximum absolute atomic E-state index is 11.1. The van der Waals surface area contributed by atoms with E-state index in [1.807, 2.05) is 4.90 Å². The molecule has 104 valence electrons. The van der Waals surface area contributed by atoms with Crippen LogP contribution in [0.5, 0.6) is 0 Å². The molecule has 0 amide bonds. The summed E-state index contributed by atoms with van der Waals surface area (Å²) in [5.41, 5.74) is 0.727. The summed E-state index contributed by atoms with van der Waals surface area (Å²) >= 11 is 3.35. The first-order chi connectivity index (χ1) is 9.11.